The number of methoxy groups -OCH3 is 1. The second-order valence-electron chi connectivity index (χ2n) is 5.41. The number of ether oxygens (including phenoxy) is 1. The van der Waals surface area contributed by atoms with Crippen molar-refractivity contribution in [3.05, 3.63) is 53.6 Å². The van der Waals surface area contributed by atoms with E-state index in [0.29, 0.717) is 6.42 Å². The van der Waals surface area contributed by atoms with Crippen molar-refractivity contribution in [2.75, 3.05) is 12.9 Å². The molecule has 2 N–H and O–H groups in total. The molecule has 0 spiro atoms. The number of aromatic amines is 1. The number of aromatic nitrogens is 2. The fraction of sp³-hybridized carbons (Fsp3) is 0.353. The number of esters is 1. The lowest BCUT2D eigenvalue weighted by Crippen LogP contribution is -2.43. The molecular formula is C17H21N3O3S. The molecule has 0 radical (unpaired) electrons. The largest absolute Gasteiger partial charge is 0.467 e. The number of hydrogen-bond acceptors (Lipinski definition) is 5. The molecule has 0 saturated carbocycles. The van der Waals surface area contributed by atoms with E-state index < -0.39 is 12.0 Å². The summed E-state index contributed by atoms with van der Waals surface area (Å²) in [5.74, 6) is 0.368. The molecule has 1 amide bonds. The van der Waals surface area contributed by atoms with E-state index in [1.165, 1.54) is 36.3 Å². The molecule has 6 nitrogen and oxygen atoms in total. The van der Waals surface area contributed by atoms with E-state index in [0.717, 1.165) is 11.4 Å². The normalized spacial score (nSPS) is 11.8. The second kappa shape index (κ2) is 9.12. The van der Waals surface area contributed by atoms with Crippen LogP contribution in [-0.4, -0.2) is 40.7 Å². The van der Waals surface area contributed by atoms with Crippen molar-refractivity contribution >= 4 is 23.6 Å². The Balaban J connectivity index is 1.82. The molecule has 1 heterocycles. The fourth-order valence-corrected chi connectivity index (χ4v) is 3.04. The van der Waals surface area contributed by atoms with Gasteiger partial charge in [-0.05, 0) is 12.5 Å². The summed E-state index contributed by atoms with van der Waals surface area (Å²) < 4.78 is 4.75. The number of imidazole rings is 1. The lowest BCUT2D eigenvalue weighted by atomic mass is 10.1. The molecule has 0 aliphatic rings. The number of H-pyrrole nitrogens is 1. The topological polar surface area (TPSA) is 84.1 Å². The van der Waals surface area contributed by atoms with E-state index in [1.807, 2.05) is 25.1 Å². The summed E-state index contributed by atoms with van der Waals surface area (Å²) in [6.45, 7) is 2.04. The Labute approximate surface area is 145 Å². The van der Waals surface area contributed by atoms with Gasteiger partial charge < -0.3 is 15.0 Å². The third kappa shape index (κ3) is 5.73. The molecule has 1 atom stereocenters. The lowest BCUT2D eigenvalue weighted by molar-refractivity contribution is -0.144. The van der Waals surface area contributed by atoms with Crippen LogP contribution in [0.1, 0.15) is 16.8 Å². The van der Waals surface area contributed by atoms with Gasteiger partial charge in [-0.25, -0.2) is 9.78 Å². The Hall–Kier alpha value is -2.28. The minimum Gasteiger partial charge on any atom is -0.467 e. The average Bonchev–Trinajstić information content (AvgIpc) is 3.06. The molecule has 0 aliphatic carbocycles. The summed E-state index contributed by atoms with van der Waals surface area (Å²) in [5, 5.41) is 2.72. The van der Waals surface area contributed by atoms with Crippen LogP contribution in [0, 0.1) is 6.92 Å². The van der Waals surface area contributed by atoms with Crippen molar-refractivity contribution in [2.24, 2.45) is 0 Å². The van der Waals surface area contributed by atoms with E-state index in [9.17, 15) is 9.59 Å². The van der Waals surface area contributed by atoms with Crippen LogP contribution in [0.5, 0.6) is 0 Å². The van der Waals surface area contributed by atoms with Gasteiger partial charge in [-0.3, -0.25) is 4.79 Å². The molecule has 2 rings (SSSR count). The van der Waals surface area contributed by atoms with E-state index in [2.05, 4.69) is 21.4 Å². The van der Waals surface area contributed by atoms with Gasteiger partial charge in [0.15, 0.2) is 0 Å². The summed E-state index contributed by atoms with van der Waals surface area (Å²) in [7, 11) is 1.31. The van der Waals surface area contributed by atoms with Crippen molar-refractivity contribution in [3.8, 4) is 0 Å². The monoisotopic (exact) mass is 347 g/mol. The molecule has 0 fully saturated rings. The first-order chi connectivity index (χ1) is 11.6. The minimum atomic E-state index is -0.720. The van der Waals surface area contributed by atoms with Crippen molar-refractivity contribution < 1.29 is 14.3 Å². The minimum absolute atomic E-state index is 0.192. The first-order valence-corrected chi connectivity index (χ1v) is 8.71. The van der Waals surface area contributed by atoms with Crippen molar-refractivity contribution in [3.63, 3.8) is 0 Å². The molecule has 128 valence electrons. The highest BCUT2D eigenvalue weighted by molar-refractivity contribution is 7.99. The number of benzene rings is 1. The van der Waals surface area contributed by atoms with Gasteiger partial charge in [0.25, 0.3) is 0 Å². The van der Waals surface area contributed by atoms with Crippen LogP contribution in [0.2, 0.25) is 0 Å². The lowest BCUT2D eigenvalue weighted by Gasteiger charge is -2.15. The summed E-state index contributed by atoms with van der Waals surface area (Å²) in [5.41, 5.74) is 3.13. The maximum Gasteiger partial charge on any atom is 0.328 e. The molecule has 24 heavy (non-hydrogen) atoms. The average molecular weight is 347 g/mol. The number of hydrogen-bond donors (Lipinski definition) is 2. The van der Waals surface area contributed by atoms with Crippen molar-refractivity contribution in [2.45, 2.75) is 25.1 Å². The third-order valence-electron chi connectivity index (χ3n) is 3.38. The quantitative estimate of drug-likeness (QED) is 0.712. The standard InChI is InChI=1S/C17H21N3O3S/c1-12-4-3-5-13(6-12)9-24-10-16(21)20-15(17(22)23-2)7-14-8-18-11-19-14/h3-6,8,11,15H,7,9-10H2,1-2H3,(H,18,19)(H,20,21)/t15-/m0/s1. The Morgan fingerprint density at radius 3 is 2.92 bits per heavy atom. The van der Waals surface area contributed by atoms with E-state index in [1.54, 1.807) is 6.20 Å². The summed E-state index contributed by atoms with van der Waals surface area (Å²) in [6, 6.07) is 7.45. The van der Waals surface area contributed by atoms with Gasteiger partial charge >= 0.3 is 5.97 Å². The number of thioether (sulfide) groups is 1. The van der Waals surface area contributed by atoms with E-state index >= 15 is 0 Å². The zero-order chi connectivity index (χ0) is 17.4. The van der Waals surface area contributed by atoms with Crippen molar-refractivity contribution in [1.82, 2.24) is 15.3 Å². The van der Waals surface area contributed by atoms with Gasteiger partial charge in [0.1, 0.15) is 6.04 Å². The third-order valence-corrected chi connectivity index (χ3v) is 4.39. The number of nitrogens with one attached hydrogen (secondary N) is 2. The zero-order valence-corrected chi connectivity index (χ0v) is 14.6. The first kappa shape index (κ1) is 18.1. The van der Waals surface area contributed by atoms with Crippen LogP contribution in [0.15, 0.2) is 36.8 Å². The van der Waals surface area contributed by atoms with Gasteiger partial charge in [-0.15, -0.1) is 11.8 Å². The fourth-order valence-electron chi connectivity index (χ4n) is 2.25. The smallest absolute Gasteiger partial charge is 0.328 e. The Morgan fingerprint density at radius 2 is 2.25 bits per heavy atom. The van der Waals surface area contributed by atoms with Crippen molar-refractivity contribution in [1.29, 1.82) is 0 Å². The second-order valence-corrected chi connectivity index (χ2v) is 6.39. The zero-order valence-electron chi connectivity index (χ0n) is 13.7. The highest BCUT2D eigenvalue weighted by Gasteiger charge is 2.22. The molecule has 0 unspecified atom stereocenters. The number of rotatable bonds is 8. The number of carbonyl (C=O) groups is 2. The predicted octanol–water partition coefficient (Wildman–Crippen LogP) is 1.85. The predicted molar refractivity (Wildman–Crippen MR) is 93.6 cm³/mol. The van der Waals surface area contributed by atoms with Gasteiger partial charge in [-0.2, -0.15) is 0 Å². The summed E-state index contributed by atoms with van der Waals surface area (Å²) >= 11 is 1.51. The molecule has 0 bridgehead atoms. The van der Waals surface area contributed by atoms with Crippen LogP contribution in [0.25, 0.3) is 0 Å². The van der Waals surface area contributed by atoms with Gasteiger partial charge in [0.2, 0.25) is 5.91 Å². The number of amides is 1. The Morgan fingerprint density at radius 1 is 1.42 bits per heavy atom. The first-order valence-electron chi connectivity index (χ1n) is 7.56. The van der Waals surface area contributed by atoms with E-state index in [4.69, 9.17) is 4.74 Å². The number of aryl methyl sites for hydroxylation is 1. The summed E-state index contributed by atoms with van der Waals surface area (Å²) in [6.07, 6.45) is 3.47. The van der Waals surface area contributed by atoms with Crippen LogP contribution in [0.4, 0.5) is 0 Å². The summed E-state index contributed by atoms with van der Waals surface area (Å²) in [4.78, 5) is 30.7. The van der Waals surface area contributed by atoms with Gasteiger partial charge in [-0.1, -0.05) is 29.8 Å². The Kier molecular flexibility index (Phi) is 6.87. The maximum absolute atomic E-state index is 12.1. The highest BCUT2D eigenvalue weighted by Crippen LogP contribution is 2.13. The number of carbonyl (C=O) groups excluding carboxylic acids is 2. The van der Waals surface area contributed by atoms with Crippen LogP contribution in [-0.2, 0) is 26.5 Å². The molecule has 2 aromatic rings. The SMILES string of the molecule is COC(=O)[C@H](Cc1cnc[nH]1)NC(=O)CSCc1cccc(C)c1. The van der Waals surface area contributed by atoms with Gasteiger partial charge in [0, 0.05) is 24.1 Å². The molecule has 0 aliphatic heterocycles. The maximum atomic E-state index is 12.1. The number of nitrogens with zero attached hydrogens (tertiary/aromatic N) is 1. The van der Waals surface area contributed by atoms with Crippen LogP contribution >= 0.6 is 11.8 Å². The molecule has 1 aromatic carbocycles. The molecule has 0 saturated heterocycles. The molecule has 7 heteroatoms. The highest BCUT2D eigenvalue weighted by atomic mass is 32.2. The Bertz CT molecular complexity index is 673. The van der Waals surface area contributed by atoms with Crippen LogP contribution in [0.3, 0.4) is 0 Å². The van der Waals surface area contributed by atoms with Crippen LogP contribution < -0.4 is 5.32 Å². The molecular weight excluding hydrogens is 326 g/mol. The molecule has 1 aromatic heterocycles. The van der Waals surface area contributed by atoms with Gasteiger partial charge in [0.05, 0.1) is 19.2 Å². The van der Waals surface area contributed by atoms with E-state index in [-0.39, 0.29) is 11.7 Å².